The van der Waals surface area contributed by atoms with Gasteiger partial charge in [-0.2, -0.15) is 0 Å². The van der Waals surface area contributed by atoms with Crippen LogP contribution in [0.1, 0.15) is 16.8 Å². The Labute approximate surface area is 114 Å². The van der Waals surface area contributed by atoms with Crippen molar-refractivity contribution in [3.63, 3.8) is 0 Å². The highest BCUT2D eigenvalue weighted by atomic mass is 16.5. The van der Waals surface area contributed by atoms with Crippen molar-refractivity contribution in [1.29, 1.82) is 0 Å². The van der Waals surface area contributed by atoms with Gasteiger partial charge in [0, 0.05) is 19.3 Å². The predicted molar refractivity (Wildman–Crippen MR) is 77.5 cm³/mol. The monoisotopic (exact) mass is 265 g/mol. The molecule has 0 aliphatic rings. The van der Waals surface area contributed by atoms with E-state index in [-0.39, 0.29) is 5.91 Å². The molecule has 0 aliphatic heterocycles. The Morgan fingerprint density at radius 1 is 1.26 bits per heavy atom. The van der Waals surface area contributed by atoms with Gasteiger partial charge in [0.1, 0.15) is 5.75 Å². The second kappa shape index (κ2) is 6.99. The van der Waals surface area contributed by atoms with E-state index in [0.29, 0.717) is 23.5 Å². The zero-order valence-electron chi connectivity index (χ0n) is 12.1. The minimum absolute atomic E-state index is 0.0668. The molecule has 19 heavy (non-hydrogen) atoms. The van der Waals surface area contributed by atoms with E-state index in [1.54, 1.807) is 37.3 Å². The summed E-state index contributed by atoms with van der Waals surface area (Å²) in [5.41, 5.74) is 6.80. The molecule has 1 aromatic rings. The van der Waals surface area contributed by atoms with E-state index in [4.69, 9.17) is 10.5 Å². The van der Waals surface area contributed by atoms with E-state index in [2.05, 4.69) is 4.90 Å². The van der Waals surface area contributed by atoms with Crippen LogP contribution in [-0.2, 0) is 0 Å². The SMILES string of the molecule is COc1ccc(N)cc1C(=O)N(C)CCCN(C)C. The van der Waals surface area contributed by atoms with Gasteiger partial charge in [-0.1, -0.05) is 0 Å². The lowest BCUT2D eigenvalue weighted by Gasteiger charge is -2.20. The summed E-state index contributed by atoms with van der Waals surface area (Å²) in [6, 6.07) is 5.10. The molecular formula is C14H23N3O2. The molecule has 2 N–H and O–H groups in total. The van der Waals surface area contributed by atoms with Crippen molar-refractivity contribution in [1.82, 2.24) is 9.80 Å². The number of methoxy groups -OCH3 is 1. The highest BCUT2D eigenvalue weighted by Crippen LogP contribution is 2.22. The molecule has 0 aromatic heterocycles. The highest BCUT2D eigenvalue weighted by Gasteiger charge is 2.16. The van der Waals surface area contributed by atoms with Crippen LogP contribution in [0.25, 0.3) is 0 Å². The molecule has 1 aromatic carbocycles. The summed E-state index contributed by atoms with van der Waals surface area (Å²) in [6.07, 6.45) is 0.930. The van der Waals surface area contributed by atoms with Crippen LogP contribution in [0.2, 0.25) is 0 Å². The van der Waals surface area contributed by atoms with Crippen LogP contribution in [0.15, 0.2) is 18.2 Å². The van der Waals surface area contributed by atoms with E-state index in [1.165, 1.54) is 0 Å². The van der Waals surface area contributed by atoms with Crippen molar-refractivity contribution in [2.75, 3.05) is 47.1 Å². The van der Waals surface area contributed by atoms with Crippen LogP contribution >= 0.6 is 0 Å². The van der Waals surface area contributed by atoms with E-state index in [1.807, 2.05) is 14.1 Å². The number of nitrogen functional groups attached to an aromatic ring is 1. The standard InChI is InChI=1S/C14H23N3O2/c1-16(2)8-5-9-17(3)14(18)12-10-11(15)6-7-13(12)19-4/h6-7,10H,5,8-9,15H2,1-4H3. The van der Waals surface area contributed by atoms with Gasteiger partial charge < -0.3 is 20.3 Å². The van der Waals surface area contributed by atoms with Gasteiger partial charge in [-0.05, 0) is 45.3 Å². The average molecular weight is 265 g/mol. The van der Waals surface area contributed by atoms with E-state index < -0.39 is 0 Å². The molecule has 1 amide bonds. The Morgan fingerprint density at radius 3 is 2.53 bits per heavy atom. The fourth-order valence-corrected chi connectivity index (χ4v) is 1.82. The van der Waals surface area contributed by atoms with E-state index in [9.17, 15) is 4.79 Å². The summed E-state index contributed by atoms with van der Waals surface area (Å²) in [5, 5.41) is 0. The first-order valence-electron chi connectivity index (χ1n) is 6.29. The number of carbonyl (C=O) groups is 1. The molecule has 5 heteroatoms. The molecule has 0 saturated heterocycles. The normalized spacial score (nSPS) is 10.6. The fraction of sp³-hybridized carbons (Fsp3) is 0.500. The molecule has 0 aliphatic carbocycles. The minimum atomic E-state index is -0.0668. The minimum Gasteiger partial charge on any atom is -0.496 e. The molecule has 1 rings (SSSR count). The van der Waals surface area contributed by atoms with Crippen molar-refractivity contribution in [2.45, 2.75) is 6.42 Å². The Bertz CT molecular complexity index is 433. The molecule has 0 radical (unpaired) electrons. The maximum atomic E-state index is 12.3. The zero-order chi connectivity index (χ0) is 14.4. The lowest BCUT2D eigenvalue weighted by Crippen LogP contribution is -2.30. The second-order valence-corrected chi connectivity index (χ2v) is 4.84. The largest absolute Gasteiger partial charge is 0.496 e. The first-order valence-corrected chi connectivity index (χ1v) is 6.29. The number of benzene rings is 1. The number of hydrogen-bond donors (Lipinski definition) is 1. The van der Waals surface area contributed by atoms with Gasteiger partial charge >= 0.3 is 0 Å². The van der Waals surface area contributed by atoms with Crippen molar-refractivity contribution in [2.24, 2.45) is 0 Å². The first-order chi connectivity index (χ1) is 8.95. The Hall–Kier alpha value is -1.75. The molecule has 0 heterocycles. The maximum Gasteiger partial charge on any atom is 0.257 e. The highest BCUT2D eigenvalue weighted by molar-refractivity contribution is 5.97. The van der Waals surface area contributed by atoms with Crippen LogP contribution in [0, 0.1) is 0 Å². The third kappa shape index (κ3) is 4.44. The van der Waals surface area contributed by atoms with Gasteiger partial charge in [0.15, 0.2) is 0 Å². The molecular weight excluding hydrogens is 242 g/mol. The summed E-state index contributed by atoms with van der Waals surface area (Å²) in [6.45, 7) is 1.65. The average Bonchev–Trinajstić information content (AvgIpc) is 2.37. The smallest absolute Gasteiger partial charge is 0.257 e. The van der Waals surface area contributed by atoms with Crippen LogP contribution in [0.4, 0.5) is 5.69 Å². The second-order valence-electron chi connectivity index (χ2n) is 4.84. The molecule has 0 spiro atoms. The fourth-order valence-electron chi connectivity index (χ4n) is 1.82. The summed E-state index contributed by atoms with van der Waals surface area (Å²) in [5.74, 6) is 0.488. The van der Waals surface area contributed by atoms with Gasteiger partial charge in [-0.3, -0.25) is 4.79 Å². The molecule has 0 bridgehead atoms. The molecule has 106 valence electrons. The maximum absolute atomic E-state index is 12.3. The molecule has 0 fully saturated rings. The van der Waals surface area contributed by atoms with Crippen molar-refractivity contribution >= 4 is 11.6 Å². The van der Waals surface area contributed by atoms with Crippen LogP contribution in [0.5, 0.6) is 5.75 Å². The molecule has 0 atom stereocenters. The number of ether oxygens (including phenoxy) is 1. The van der Waals surface area contributed by atoms with Crippen LogP contribution < -0.4 is 10.5 Å². The summed E-state index contributed by atoms with van der Waals surface area (Å²) >= 11 is 0. The number of hydrogen-bond acceptors (Lipinski definition) is 4. The lowest BCUT2D eigenvalue weighted by molar-refractivity contribution is 0.0787. The lowest BCUT2D eigenvalue weighted by atomic mass is 10.1. The van der Waals surface area contributed by atoms with Crippen LogP contribution in [0.3, 0.4) is 0 Å². The van der Waals surface area contributed by atoms with E-state index >= 15 is 0 Å². The van der Waals surface area contributed by atoms with Crippen LogP contribution in [-0.4, -0.2) is 57.0 Å². The predicted octanol–water partition coefficient (Wildman–Crippen LogP) is 1.30. The quantitative estimate of drug-likeness (QED) is 0.788. The summed E-state index contributed by atoms with van der Waals surface area (Å²) in [7, 11) is 7.38. The van der Waals surface area contributed by atoms with Gasteiger partial charge in [-0.25, -0.2) is 0 Å². The summed E-state index contributed by atoms with van der Waals surface area (Å²) in [4.78, 5) is 16.1. The number of nitrogens with zero attached hydrogens (tertiary/aromatic N) is 2. The summed E-state index contributed by atoms with van der Waals surface area (Å²) < 4.78 is 5.20. The Morgan fingerprint density at radius 2 is 1.95 bits per heavy atom. The van der Waals surface area contributed by atoms with Gasteiger partial charge in [0.2, 0.25) is 0 Å². The number of amides is 1. The van der Waals surface area contributed by atoms with E-state index in [0.717, 1.165) is 13.0 Å². The van der Waals surface area contributed by atoms with Gasteiger partial charge in [-0.15, -0.1) is 0 Å². The Kier molecular flexibility index (Phi) is 5.63. The number of carbonyl (C=O) groups excluding carboxylic acids is 1. The molecule has 5 nitrogen and oxygen atoms in total. The van der Waals surface area contributed by atoms with Gasteiger partial charge in [0.05, 0.1) is 12.7 Å². The third-order valence-corrected chi connectivity index (χ3v) is 2.90. The number of anilines is 1. The van der Waals surface area contributed by atoms with Crippen molar-refractivity contribution < 1.29 is 9.53 Å². The Balaban J connectivity index is 2.73. The molecule has 0 unspecified atom stereocenters. The third-order valence-electron chi connectivity index (χ3n) is 2.90. The first kappa shape index (κ1) is 15.3. The van der Waals surface area contributed by atoms with Gasteiger partial charge in [0.25, 0.3) is 5.91 Å². The van der Waals surface area contributed by atoms with Crippen molar-refractivity contribution in [3.8, 4) is 5.75 Å². The number of rotatable bonds is 6. The topological polar surface area (TPSA) is 58.8 Å². The molecule has 0 saturated carbocycles. The van der Waals surface area contributed by atoms with Crippen molar-refractivity contribution in [3.05, 3.63) is 23.8 Å². The zero-order valence-corrected chi connectivity index (χ0v) is 12.1. The number of nitrogens with two attached hydrogens (primary N) is 1.